The number of nitrogens with one attached hydrogen (secondary N) is 1. The molecule has 1 aliphatic rings. The van der Waals surface area contributed by atoms with Gasteiger partial charge >= 0.3 is 0 Å². The number of benzene rings is 1. The fourth-order valence-corrected chi connectivity index (χ4v) is 4.21. The first-order valence-electron chi connectivity index (χ1n) is 9.78. The van der Waals surface area contributed by atoms with Gasteiger partial charge in [0.2, 0.25) is 0 Å². The van der Waals surface area contributed by atoms with Crippen molar-refractivity contribution in [2.24, 2.45) is 0 Å². The van der Waals surface area contributed by atoms with Crippen molar-refractivity contribution in [1.29, 1.82) is 0 Å². The summed E-state index contributed by atoms with van der Waals surface area (Å²) in [6, 6.07) is 8.28. The Morgan fingerprint density at radius 3 is 2.75 bits per heavy atom. The highest BCUT2D eigenvalue weighted by molar-refractivity contribution is 5.84. The number of pyridine rings is 1. The summed E-state index contributed by atoms with van der Waals surface area (Å²) < 4.78 is 3.86. The Kier molecular flexibility index (Phi) is 4.02. The molecule has 142 valence electrons. The van der Waals surface area contributed by atoms with Crippen molar-refractivity contribution in [3.63, 3.8) is 0 Å². The van der Waals surface area contributed by atoms with Gasteiger partial charge in [0, 0.05) is 24.0 Å². The standard InChI is InChI=1S/C22H23N5O/c1-14-9-21-25-15(2)11-26(21)12-19(14)16-3-4-18-20(10-16)24-13-27(22(18)28)17-5-7-23-8-6-17/h3-4,9-13,17,23H,5-8H2,1-2H3. The van der Waals surface area contributed by atoms with Crippen LogP contribution in [0.5, 0.6) is 0 Å². The highest BCUT2D eigenvalue weighted by atomic mass is 16.1. The monoisotopic (exact) mass is 373 g/mol. The number of piperidine rings is 1. The largest absolute Gasteiger partial charge is 0.317 e. The summed E-state index contributed by atoms with van der Waals surface area (Å²) in [7, 11) is 0. The van der Waals surface area contributed by atoms with Crippen molar-refractivity contribution in [3.05, 3.63) is 64.6 Å². The molecule has 6 heteroatoms. The van der Waals surface area contributed by atoms with Gasteiger partial charge in [0.1, 0.15) is 5.65 Å². The second kappa shape index (κ2) is 6.56. The van der Waals surface area contributed by atoms with Crippen LogP contribution in [0.25, 0.3) is 27.7 Å². The molecule has 5 rings (SSSR count). The number of aryl methyl sites for hydroxylation is 2. The minimum Gasteiger partial charge on any atom is -0.317 e. The Hall–Kier alpha value is -2.99. The Labute approximate surface area is 162 Å². The van der Waals surface area contributed by atoms with Crippen LogP contribution in [0.1, 0.15) is 30.1 Å². The van der Waals surface area contributed by atoms with Gasteiger partial charge in [-0.1, -0.05) is 6.07 Å². The van der Waals surface area contributed by atoms with E-state index in [1.165, 1.54) is 0 Å². The predicted molar refractivity (Wildman–Crippen MR) is 111 cm³/mol. The summed E-state index contributed by atoms with van der Waals surface area (Å²) in [6.07, 6.45) is 7.78. The third-order valence-corrected chi connectivity index (χ3v) is 5.72. The maximum atomic E-state index is 13.0. The summed E-state index contributed by atoms with van der Waals surface area (Å²) >= 11 is 0. The third-order valence-electron chi connectivity index (χ3n) is 5.72. The summed E-state index contributed by atoms with van der Waals surface area (Å²) in [4.78, 5) is 22.2. The quantitative estimate of drug-likeness (QED) is 0.586. The average Bonchev–Trinajstić information content (AvgIpc) is 3.07. The van der Waals surface area contributed by atoms with Crippen LogP contribution < -0.4 is 10.9 Å². The first-order chi connectivity index (χ1) is 13.6. The van der Waals surface area contributed by atoms with Crippen LogP contribution in [0.2, 0.25) is 0 Å². The van der Waals surface area contributed by atoms with Crippen LogP contribution in [-0.2, 0) is 0 Å². The average molecular weight is 373 g/mol. The summed E-state index contributed by atoms with van der Waals surface area (Å²) in [5.41, 5.74) is 6.08. The van der Waals surface area contributed by atoms with Crippen molar-refractivity contribution in [1.82, 2.24) is 24.3 Å². The van der Waals surface area contributed by atoms with E-state index in [2.05, 4.69) is 34.5 Å². The van der Waals surface area contributed by atoms with Crippen molar-refractivity contribution < 1.29 is 0 Å². The van der Waals surface area contributed by atoms with Gasteiger partial charge in [-0.05, 0) is 69.1 Å². The number of nitrogens with zero attached hydrogens (tertiary/aromatic N) is 4. The molecule has 0 bridgehead atoms. The van der Waals surface area contributed by atoms with Crippen LogP contribution in [0.3, 0.4) is 0 Å². The molecule has 3 aromatic heterocycles. The number of hydrogen-bond acceptors (Lipinski definition) is 4. The zero-order chi connectivity index (χ0) is 19.3. The highest BCUT2D eigenvalue weighted by Gasteiger charge is 2.17. The van der Waals surface area contributed by atoms with Gasteiger partial charge in [-0.3, -0.25) is 9.36 Å². The lowest BCUT2D eigenvalue weighted by atomic mass is 10.0. The number of aromatic nitrogens is 4. The van der Waals surface area contributed by atoms with Gasteiger partial charge in [-0.2, -0.15) is 0 Å². The fourth-order valence-electron chi connectivity index (χ4n) is 4.21. The Morgan fingerprint density at radius 1 is 1.11 bits per heavy atom. The first-order valence-corrected chi connectivity index (χ1v) is 9.78. The molecule has 0 saturated carbocycles. The zero-order valence-corrected chi connectivity index (χ0v) is 16.1. The molecule has 4 heterocycles. The topological polar surface area (TPSA) is 64.2 Å². The minimum absolute atomic E-state index is 0.0564. The van der Waals surface area contributed by atoms with Gasteiger partial charge in [0.15, 0.2) is 0 Å². The molecule has 1 fully saturated rings. The minimum atomic E-state index is 0.0564. The molecule has 28 heavy (non-hydrogen) atoms. The lowest BCUT2D eigenvalue weighted by Crippen LogP contribution is -2.34. The molecule has 0 amide bonds. The Bertz CT molecular complexity index is 1250. The maximum Gasteiger partial charge on any atom is 0.261 e. The molecule has 1 saturated heterocycles. The van der Waals surface area contributed by atoms with Crippen molar-refractivity contribution in [3.8, 4) is 11.1 Å². The van der Waals surface area contributed by atoms with Gasteiger partial charge < -0.3 is 9.72 Å². The van der Waals surface area contributed by atoms with E-state index in [1.807, 2.05) is 40.3 Å². The van der Waals surface area contributed by atoms with Gasteiger partial charge in [-0.25, -0.2) is 9.97 Å². The SMILES string of the molecule is Cc1cn2cc(-c3ccc4c(=O)n(C5CCNCC5)cnc4c3)c(C)cc2n1. The van der Waals surface area contributed by atoms with Crippen LogP contribution in [0.15, 0.2) is 47.8 Å². The zero-order valence-electron chi connectivity index (χ0n) is 16.1. The molecule has 0 radical (unpaired) electrons. The van der Waals surface area contributed by atoms with Crippen LogP contribution >= 0.6 is 0 Å². The van der Waals surface area contributed by atoms with E-state index >= 15 is 0 Å². The normalized spacial score (nSPS) is 15.5. The van der Waals surface area contributed by atoms with Crippen LogP contribution in [0, 0.1) is 13.8 Å². The first kappa shape index (κ1) is 17.1. The van der Waals surface area contributed by atoms with Crippen LogP contribution in [-0.4, -0.2) is 32.0 Å². The predicted octanol–water partition coefficient (Wildman–Crippen LogP) is 3.25. The highest BCUT2D eigenvalue weighted by Crippen LogP contribution is 2.27. The van der Waals surface area contributed by atoms with E-state index in [0.29, 0.717) is 5.39 Å². The smallest absolute Gasteiger partial charge is 0.261 e. The van der Waals surface area contributed by atoms with E-state index < -0.39 is 0 Å². The van der Waals surface area contributed by atoms with Gasteiger partial charge in [-0.15, -0.1) is 0 Å². The third kappa shape index (κ3) is 2.81. The van der Waals surface area contributed by atoms with E-state index in [0.717, 1.165) is 59.5 Å². The lowest BCUT2D eigenvalue weighted by Gasteiger charge is -2.24. The molecule has 0 spiro atoms. The molecule has 1 aromatic carbocycles. The molecule has 0 unspecified atom stereocenters. The van der Waals surface area contributed by atoms with E-state index in [-0.39, 0.29) is 11.6 Å². The van der Waals surface area contributed by atoms with Crippen LogP contribution in [0.4, 0.5) is 0 Å². The van der Waals surface area contributed by atoms with Crippen molar-refractivity contribution >= 4 is 16.6 Å². The number of fused-ring (bicyclic) bond motifs is 2. The molecule has 1 aliphatic heterocycles. The number of rotatable bonds is 2. The number of imidazole rings is 1. The molecule has 4 aromatic rings. The van der Waals surface area contributed by atoms with Gasteiger partial charge in [0.05, 0.1) is 22.9 Å². The summed E-state index contributed by atoms with van der Waals surface area (Å²) in [6.45, 7) is 5.98. The van der Waals surface area contributed by atoms with Crippen molar-refractivity contribution in [2.75, 3.05) is 13.1 Å². The van der Waals surface area contributed by atoms with E-state index in [4.69, 9.17) is 0 Å². The molecular weight excluding hydrogens is 350 g/mol. The summed E-state index contributed by atoms with van der Waals surface area (Å²) in [5.74, 6) is 0. The fraction of sp³-hybridized carbons (Fsp3) is 0.318. The molecule has 0 atom stereocenters. The molecule has 0 aliphatic carbocycles. The Balaban J connectivity index is 1.60. The molecular formula is C22H23N5O. The van der Waals surface area contributed by atoms with Gasteiger partial charge in [0.25, 0.3) is 5.56 Å². The summed E-state index contributed by atoms with van der Waals surface area (Å²) in [5, 5.41) is 4.03. The second-order valence-corrected chi connectivity index (χ2v) is 7.69. The van der Waals surface area contributed by atoms with E-state index in [1.54, 1.807) is 6.33 Å². The van der Waals surface area contributed by atoms with Crippen molar-refractivity contribution in [2.45, 2.75) is 32.7 Å². The Morgan fingerprint density at radius 2 is 1.93 bits per heavy atom. The second-order valence-electron chi connectivity index (χ2n) is 7.69. The number of hydrogen-bond donors (Lipinski definition) is 1. The maximum absolute atomic E-state index is 13.0. The molecule has 6 nitrogen and oxygen atoms in total. The van der Waals surface area contributed by atoms with E-state index in [9.17, 15) is 4.79 Å². The lowest BCUT2D eigenvalue weighted by molar-refractivity contribution is 0.359. The molecule has 1 N–H and O–H groups in total.